The van der Waals surface area contributed by atoms with Crippen molar-refractivity contribution in [2.75, 3.05) is 0 Å². The summed E-state index contributed by atoms with van der Waals surface area (Å²) in [4.78, 5) is 9.29. The minimum Gasteiger partial charge on any atom is -0.260 e. The van der Waals surface area contributed by atoms with E-state index in [4.69, 9.17) is 4.98 Å². The van der Waals surface area contributed by atoms with E-state index in [9.17, 15) is 0 Å². The maximum absolute atomic E-state index is 4.69. The number of rotatable bonds is 1. The van der Waals surface area contributed by atoms with Gasteiger partial charge in [-0.2, -0.15) is 0 Å². The van der Waals surface area contributed by atoms with Crippen LogP contribution < -0.4 is 0 Å². The molecule has 2 nitrogen and oxygen atoms in total. The zero-order valence-corrected chi connectivity index (χ0v) is 12.2. The molecule has 4 rings (SSSR count). The first-order valence-corrected chi connectivity index (χ1v) is 7.23. The Kier molecular flexibility index (Phi) is 2.64. The summed E-state index contributed by atoms with van der Waals surface area (Å²) in [6.07, 6.45) is 3.78. The highest BCUT2D eigenvalue weighted by Gasteiger charge is 2.32. The first-order chi connectivity index (χ1) is 10.3. The van der Waals surface area contributed by atoms with Crippen molar-refractivity contribution < 1.29 is 0 Å². The van der Waals surface area contributed by atoms with Crippen molar-refractivity contribution in [1.82, 2.24) is 9.97 Å². The number of hydrogen-bond donors (Lipinski definition) is 0. The first-order valence-electron chi connectivity index (χ1n) is 7.23. The third-order valence-electron chi connectivity index (χ3n) is 4.46. The summed E-state index contributed by atoms with van der Waals surface area (Å²) >= 11 is 0. The Morgan fingerprint density at radius 3 is 2.52 bits per heavy atom. The van der Waals surface area contributed by atoms with Crippen molar-refractivity contribution in [3.63, 3.8) is 0 Å². The molecule has 2 heterocycles. The molecular weight excluding hydrogens is 256 g/mol. The molecule has 3 aromatic rings. The van der Waals surface area contributed by atoms with Gasteiger partial charge in [-0.05, 0) is 48.2 Å². The third-order valence-corrected chi connectivity index (χ3v) is 4.46. The van der Waals surface area contributed by atoms with Gasteiger partial charge in [0.25, 0.3) is 0 Å². The van der Waals surface area contributed by atoms with E-state index in [0.29, 0.717) is 0 Å². The number of benzene rings is 1. The van der Waals surface area contributed by atoms with Gasteiger partial charge in [-0.3, -0.25) is 9.97 Å². The Hall–Kier alpha value is -2.48. The summed E-state index contributed by atoms with van der Waals surface area (Å²) in [5, 5.41) is 0. The smallest absolute Gasteiger partial charge is 0.0747 e. The Balaban J connectivity index is 2.03. The summed E-state index contributed by atoms with van der Waals surface area (Å²) in [5.41, 5.74) is 8.62. The van der Waals surface area contributed by atoms with Crippen molar-refractivity contribution in [2.24, 2.45) is 0 Å². The van der Waals surface area contributed by atoms with E-state index in [2.05, 4.69) is 55.2 Å². The quantitative estimate of drug-likeness (QED) is 0.517. The molecule has 102 valence electrons. The van der Waals surface area contributed by atoms with E-state index in [-0.39, 0.29) is 5.92 Å². The van der Waals surface area contributed by atoms with Gasteiger partial charge in [0.1, 0.15) is 0 Å². The molecule has 0 bridgehead atoms. The topological polar surface area (TPSA) is 25.8 Å². The van der Waals surface area contributed by atoms with Crippen molar-refractivity contribution in [3.05, 3.63) is 82.8 Å². The second-order valence-electron chi connectivity index (χ2n) is 5.60. The van der Waals surface area contributed by atoms with Crippen LogP contribution in [-0.2, 0) is 0 Å². The maximum atomic E-state index is 4.69. The van der Waals surface area contributed by atoms with Crippen molar-refractivity contribution in [2.45, 2.75) is 19.8 Å². The molecule has 0 saturated heterocycles. The summed E-state index contributed by atoms with van der Waals surface area (Å²) in [5.74, 6) is 0.199. The molecular formula is C19H16N2. The number of aryl methyl sites for hydroxylation is 1. The SMILES string of the molecule is Cc1ccnc(C2c3ccccc3-c3ncccc32)c1C. The Morgan fingerprint density at radius 1 is 0.810 bits per heavy atom. The second-order valence-corrected chi connectivity index (χ2v) is 5.60. The lowest BCUT2D eigenvalue weighted by atomic mass is 9.90. The monoisotopic (exact) mass is 272 g/mol. The predicted molar refractivity (Wildman–Crippen MR) is 84.3 cm³/mol. The Labute approximate surface area is 124 Å². The van der Waals surface area contributed by atoms with E-state index >= 15 is 0 Å². The lowest BCUT2D eigenvalue weighted by molar-refractivity contribution is 0.917. The van der Waals surface area contributed by atoms with E-state index in [1.54, 1.807) is 0 Å². The Morgan fingerprint density at radius 2 is 1.62 bits per heavy atom. The van der Waals surface area contributed by atoms with Crippen molar-refractivity contribution >= 4 is 0 Å². The summed E-state index contributed by atoms with van der Waals surface area (Å²) in [6, 6.07) is 14.8. The first kappa shape index (κ1) is 12.3. The normalized spacial score (nSPS) is 15.6. The van der Waals surface area contributed by atoms with Crippen LogP contribution in [0.5, 0.6) is 0 Å². The van der Waals surface area contributed by atoms with Crippen LogP contribution in [-0.4, -0.2) is 9.97 Å². The molecule has 1 aliphatic rings. The van der Waals surface area contributed by atoms with Crippen LogP contribution in [0.2, 0.25) is 0 Å². The molecule has 0 aliphatic heterocycles. The maximum Gasteiger partial charge on any atom is 0.0747 e. The third kappa shape index (κ3) is 1.72. The highest BCUT2D eigenvalue weighted by molar-refractivity contribution is 5.77. The number of aromatic nitrogens is 2. The van der Waals surface area contributed by atoms with Gasteiger partial charge in [-0.15, -0.1) is 0 Å². The van der Waals surface area contributed by atoms with Gasteiger partial charge < -0.3 is 0 Å². The van der Waals surface area contributed by atoms with Crippen LogP contribution in [0, 0.1) is 13.8 Å². The van der Waals surface area contributed by atoms with E-state index in [1.165, 1.54) is 27.8 Å². The van der Waals surface area contributed by atoms with Crippen LogP contribution in [0.15, 0.2) is 54.9 Å². The molecule has 0 amide bonds. The molecule has 0 spiro atoms. The van der Waals surface area contributed by atoms with Gasteiger partial charge in [0.15, 0.2) is 0 Å². The summed E-state index contributed by atoms with van der Waals surface area (Å²) < 4.78 is 0. The molecule has 0 N–H and O–H groups in total. The van der Waals surface area contributed by atoms with E-state index < -0.39 is 0 Å². The van der Waals surface area contributed by atoms with Gasteiger partial charge in [0, 0.05) is 18.0 Å². The number of nitrogens with zero attached hydrogens (tertiary/aromatic N) is 2. The largest absolute Gasteiger partial charge is 0.260 e. The van der Waals surface area contributed by atoms with Crippen LogP contribution in [0.3, 0.4) is 0 Å². The molecule has 2 aromatic heterocycles. The van der Waals surface area contributed by atoms with Gasteiger partial charge in [-0.1, -0.05) is 30.3 Å². The Bertz CT molecular complexity index is 791. The standard InChI is InChI=1S/C19H16N2/c1-12-9-11-21-18(13(12)2)17-14-6-3-4-7-15(14)19-16(17)8-5-10-20-19/h3-11,17H,1-2H3. The van der Waals surface area contributed by atoms with Crippen LogP contribution >= 0.6 is 0 Å². The van der Waals surface area contributed by atoms with Gasteiger partial charge >= 0.3 is 0 Å². The average molecular weight is 272 g/mol. The molecule has 1 unspecified atom stereocenters. The fourth-order valence-electron chi connectivity index (χ4n) is 3.25. The van der Waals surface area contributed by atoms with Gasteiger partial charge in [0.05, 0.1) is 17.3 Å². The lowest BCUT2D eigenvalue weighted by Crippen LogP contribution is -2.05. The molecule has 2 heteroatoms. The molecule has 1 aliphatic carbocycles. The molecule has 21 heavy (non-hydrogen) atoms. The molecule has 1 atom stereocenters. The van der Waals surface area contributed by atoms with Crippen LogP contribution in [0.25, 0.3) is 11.3 Å². The number of pyridine rings is 2. The fourth-order valence-corrected chi connectivity index (χ4v) is 3.25. The molecule has 0 radical (unpaired) electrons. The molecule has 1 aromatic carbocycles. The van der Waals surface area contributed by atoms with Crippen molar-refractivity contribution in [3.8, 4) is 11.3 Å². The van der Waals surface area contributed by atoms with Gasteiger partial charge in [-0.25, -0.2) is 0 Å². The summed E-state index contributed by atoms with van der Waals surface area (Å²) in [7, 11) is 0. The highest BCUT2D eigenvalue weighted by Crippen LogP contribution is 2.46. The zero-order chi connectivity index (χ0) is 14.4. The van der Waals surface area contributed by atoms with Crippen LogP contribution in [0.4, 0.5) is 0 Å². The number of hydrogen-bond acceptors (Lipinski definition) is 2. The molecule has 0 saturated carbocycles. The minimum atomic E-state index is 0.199. The average Bonchev–Trinajstić information content (AvgIpc) is 2.85. The van der Waals surface area contributed by atoms with E-state index in [0.717, 1.165) is 11.4 Å². The van der Waals surface area contributed by atoms with E-state index in [1.807, 2.05) is 18.5 Å². The van der Waals surface area contributed by atoms with Crippen molar-refractivity contribution in [1.29, 1.82) is 0 Å². The summed E-state index contributed by atoms with van der Waals surface area (Å²) in [6.45, 7) is 4.31. The minimum absolute atomic E-state index is 0.199. The highest BCUT2D eigenvalue weighted by atomic mass is 14.7. The molecule has 0 fully saturated rings. The van der Waals surface area contributed by atoms with Crippen LogP contribution in [0.1, 0.15) is 33.9 Å². The number of fused-ring (bicyclic) bond motifs is 3. The zero-order valence-electron chi connectivity index (χ0n) is 12.2. The predicted octanol–water partition coefficient (Wildman–Crippen LogP) is 4.25. The van der Waals surface area contributed by atoms with Gasteiger partial charge in [0.2, 0.25) is 0 Å². The fraction of sp³-hybridized carbons (Fsp3) is 0.158. The second kappa shape index (κ2) is 4.52. The lowest BCUT2D eigenvalue weighted by Gasteiger charge is -2.16.